The van der Waals surface area contributed by atoms with Crippen LogP contribution in [-0.4, -0.2) is 45.0 Å². The fourth-order valence-corrected chi connectivity index (χ4v) is 3.50. The molecule has 0 bridgehead atoms. The molecule has 0 fully saturated rings. The Bertz CT molecular complexity index is 1420. The normalized spacial score (nSPS) is 11.4. The molecule has 0 radical (unpaired) electrons. The highest BCUT2D eigenvalue weighted by Crippen LogP contribution is 2.36. The second kappa shape index (κ2) is 10.2. The molecule has 2 aromatic heterocycles. The predicted octanol–water partition coefficient (Wildman–Crippen LogP) is 4.29. The Kier molecular flexibility index (Phi) is 7.03. The molecule has 0 aliphatic heterocycles. The number of carbonyl (C=O) groups is 2. The summed E-state index contributed by atoms with van der Waals surface area (Å²) in [6.07, 6.45) is -1.83. The first-order valence-electron chi connectivity index (χ1n) is 10.3. The number of alkyl halides is 3. The van der Waals surface area contributed by atoms with Crippen molar-refractivity contribution >= 4 is 51.9 Å². The lowest BCUT2D eigenvalue weighted by atomic mass is 10.2. The molecule has 0 aliphatic rings. The average Bonchev–Trinajstić information content (AvgIpc) is 3.25. The Labute approximate surface area is 206 Å². The van der Waals surface area contributed by atoms with E-state index >= 15 is 0 Å². The number of benzene rings is 2. The van der Waals surface area contributed by atoms with Gasteiger partial charge in [0.15, 0.2) is 17.0 Å². The monoisotopic (exact) mass is 518 g/mol. The zero-order chi connectivity index (χ0) is 25.9. The lowest BCUT2D eigenvalue weighted by Crippen LogP contribution is -2.25. The van der Waals surface area contributed by atoms with Gasteiger partial charge in [-0.1, -0.05) is 11.6 Å². The second-order valence-electron chi connectivity index (χ2n) is 7.41. The number of halogens is 4. The van der Waals surface area contributed by atoms with Gasteiger partial charge in [0.05, 0.1) is 17.1 Å². The predicted molar refractivity (Wildman–Crippen MR) is 128 cm³/mol. The second-order valence-corrected chi connectivity index (χ2v) is 7.81. The first kappa shape index (κ1) is 24.9. The maximum absolute atomic E-state index is 13.0. The van der Waals surface area contributed by atoms with Gasteiger partial charge in [-0.25, -0.2) is 19.7 Å². The summed E-state index contributed by atoms with van der Waals surface area (Å²) in [4.78, 5) is 36.8. The van der Waals surface area contributed by atoms with E-state index in [-0.39, 0.29) is 24.0 Å². The Morgan fingerprint density at radius 2 is 1.67 bits per heavy atom. The molecule has 186 valence electrons. The number of nitrogens with zero attached hydrogens (tertiary/aromatic N) is 4. The highest BCUT2D eigenvalue weighted by atomic mass is 35.5. The lowest BCUT2D eigenvalue weighted by molar-refractivity contribution is -0.137. The van der Waals surface area contributed by atoms with Gasteiger partial charge >= 0.3 is 12.2 Å². The summed E-state index contributed by atoms with van der Waals surface area (Å²) >= 11 is 5.60. The summed E-state index contributed by atoms with van der Waals surface area (Å²) in [5.74, 6) is -0.0150. The Hall–Kier alpha value is -4.23. The molecule has 0 aliphatic carbocycles. The summed E-state index contributed by atoms with van der Waals surface area (Å²) in [5, 5.41) is 9.84. The van der Waals surface area contributed by atoms with Gasteiger partial charge in [-0.15, -0.1) is 0 Å². The molecule has 0 atom stereocenters. The van der Waals surface area contributed by atoms with Crippen molar-refractivity contribution in [1.82, 2.24) is 24.8 Å². The molecule has 0 unspecified atom stereocenters. The lowest BCUT2D eigenvalue weighted by Gasteiger charge is -2.12. The van der Waals surface area contributed by atoms with E-state index in [1.165, 1.54) is 18.7 Å². The molecule has 4 N–H and O–H groups in total. The van der Waals surface area contributed by atoms with Crippen LogP contribution in [0.15, 0.2) is 55.1 Å². The van der Waals surface area contributed by atoms with Crippen LogP contribution < -0.4 is 21.3 Å². The van der Waals surface area contributed by atoms with Gasteiger partial charge in [0.25, 0.3) is 0 Å². The van der Waals surface area contributed by atoms with Crippen LogP contribution in [0, 0.1) is 0 Å². The van der Waals surface area contributed by atoms with Crippen LogP contribution in [0.4, 0.5) is 35.2 Å². The van der Waals surface area contributed by atoms with Crippen molar-refractivity contribution in [3.8, 4) is 5.69 Å². The summed E-state index contributed by atoms with van der Waals surface area (Å²) in [6.45, 7) is 0.107. The molecule has 2 aromatic carbocycles. The highest BCUT2D eigenvalue weighted by Gasteiger charge is 2.33. The molecule has 0 spiro atoms. The number of anilines is 3. The topological polar surface area (TPSA) is 126 Å². The van der Waals surface area contributed by atoms with Crippen molar-refractivity contribution in [2.24, 2.45) is 0 Å². The van der Waals surface area contributed by atoms with E-state index < -0.39 is 22.8 Å². The van der Waals surface area contributed by atoms with E-state index in [2.05, 4.69) is 36.2 Å². The molecule has 0 saturated carbocycles. The Morgan fingerprint density at radius 3 is 2.36 bits per heavy atom. The van der Waals surface area contributed by atoms with Crippen LogP contribution in [-0.2, 0) is 11.0 Å². The zero-order valence-electron chi connectivity index (χ0n) is 18.5. The molecule has 0 saturated heterocycles. The Morgan fingerprint density at radius 1 is 0.972 bits per heavy atom. The van der Waals surface area contributed by atoms with Gasteiger partial charge in [0.1, 0.15) is 12.7 Å². The van der Waals surface area contributed by atoms with E-state index in [1.54, 1.807) is 35.9 Å². The number of likely N-dealkylation sites (N-methyl/N-ethyl adjacent to an activating group) is 1. The van der Waals surface area contributed by atoms with Crippen molar-refractivity contribution in [1.29, 1.82) is 0 Å². The minimum atomic E-state index is -4.65. The van der Waals surface area contributed by atoms with Gasteiger partial charge in [-0.3, -0.25) is 9.36 Å². The first-order valence-corrected chi connectivity index (χ1v) is 10.7. The fraction of sp³-hybridized carbons (Fsp3) is 0.136. The van der Waals surface area contributed by atoms with Gasteiger partial charge in [-0.05, 0) is 49.5 Å². The van der Waals surface area contributed by atoms with Gasteiger partial charge < -0.3 is 21.3 Å². The minimum absolute atomic E-state index is 0.0666. The maximum Gasteiger partial charge on any atom is 0.417 e. The minimum Gasteiger partial charge on any atom is -0.311 e. The molecule has 36 heavy (non-hydrogen) atoms. The van der Waals surface area contributed by atoms with Gasteiger partial charge in [-0.2, -0.15) is 13.2 Å². The summed E-state index contributed by atoms with van der Waals surface area (Å²) in [7, 11) is 1.65. The fourth-order valence-electron chi connectivity index (χ4n) is 3.27. The third-order valence-corrected chi connectivity index (χ3v) is 5.19. The quantitative estimate of drug-likeness (QED) is 0.302. The largest absolute Gasteiger partial charge is 0.417 e. The molecular weight excluding hydrogens is 501 g/mol. The molecule has 4 rings (SSSR count). The number of fused-ring (bicyclic) bond motifs is 1. The maximum atomic E-state index is 13.0. The van der Waals surface area contributed by atoms with E-state index in [9.17, 15) is 22.8 Å². The van der Waals surface area contributed by atoms with Crippen molar-refractivity contribution in [2.45, 2.75) is 6.18 Å². The first-order chi connectivity index (χ1) is 17.2. The van der Waals surface area contributed by atoms with Crippen molar-refractivity contribution in [2.75, 3.05) is 29.5 Å². The molecule has 10 nitrogen and oxygen atoms in total. The van der Waals surface area contributed by atoms with Gasteiger partial charge in [0, 0.05) is 17.1 Å². The van der Waals surface area contributed by atoms with Crippen molar-refractivity contribution in [3.05, 3.63) is 65.7 Å². The third kappa shape index (κ3) is 5.53. The van der Waals surface area contributed by atoms with E-state index in [0.29, 0.717) is 22.5 Å². The van der Waals surface area contributed by atoms with Crippen LogP contribution in [0.5, 0.6) is 0 Å². The van der Waals surface area contributed by atoms with Crippen LogP contribution in [0.3, 0.4) is 0 Å². The van der Waals surface area contributed by atoms with Crippen LogP contribution in [0.1, 0.15) is 5.56 Å². The van der Waals surface area contributed by atoms with E-state index in [0.717, 1.165) is 12.1 Å². The molecule has 14 heteroatoms. The molecule has 2 heterocycles. The van der Waals surface area contributed by atoms with Crippen LogP contribution in [0.25, 0.3) is 16.9 Å². The van der Waals surface area contributed by atoms with Crippen LogP contribution in [0.2, 0.25) is 5.02 Å². The number of rotatable bonds is 6. The Balaban J connectivity index is 1.47. The standard InChI is InChI=1S/C22H18ClF3N8O2/c1-27-9-17(35)33-19-18-20(29-10-28-19)34(11-30-18)14-5-2-12(3-6-14)31-21(36)32-13-4-7-16(23)15(8-13)22(24,25)26/h2-8,10-11,27H,9H2,1H3,(H2,31,32,36)(H,28,29,33,35). The third-order valence-electron chi connectivity index (χ3n) is 4.86. The number of carbonyl (C=O) groups excluding carboxylic acids is 2. The van der Waals surface area contributed by atoms with E-state index in [4.69, 9.17) is 11.6 Å². The SMILES string of the molecule is CNCC(=O)Nc1ncnc2c1ncn2-c1ccc(NC(=O)Nc2ccc(Cl)c(C(F)(F)F)c2)cc1. The number of imidazole rings is 1. The highest BCUT2D eigenvalue weighted by molar-refractivity contribution is 6.31. The number of aromatic nitrogens is 4. The summed E-state index contributed by atoms with van der Waals surface area (Å²) in [5.41, 5.74) is 0.772. The summed E-state index contributed by atoms with van der Waals surface area (Å²) < 4.78 is 40.7. The van der Waals surface area contributed by atoms with E-state index in [1.807, 2.05) is 0 Å². The number of amides is 3. The molecule has 4 aromatic rings. The summed E-state index contributed by atoms with van der Waals surface area (Å²) in [6, 6.07) is 8.91. The number of nitrogens with one attached hydrogen (secondary N) is 4. The van der Waals surface area contributed by atoms with Crippen LogP contribution >= 0.6 is 11.6 Å². The zero-order valence-corrected chi connectivity index (χ0v) is 19.3. The average molecular weight is 519 g/mol. The number of hydrogen-bond acceptors (Lipinski definition) is 6. The van der Waals surface area contributed by atoms with Gasteiger partial charge in [0.2, 0.25) is 5.91 Å². The smallest absolute Gasteiger partial charge is 0.311 e. The van der Waals surface area contributed by atoms with Crippen molar-refractivity contribution in [3.63, 3.8) is 0 Å². The number of hydrogen-bond donors (Lipinski definition) is 4. The molecular formula is C22H18ClF3N8O2. The van der Waals surface area contributed by atoms with Crippen molar-refractivity contribution < 1.29 is 22.8 Å². The molecule has 3 amide bonds. The number of urea groups is 1.